The molecule has 0 unspecified atom stereocenters. The highest BCUT2D eigenvalue weighted by Crippen LogP contribution is 2.20. The summed E-state index contributed by atoms with van der Waals surface area (Å²) >= 11 is 0. The fraction of sp³-hybridized carbons (Fsp3) is 0.818. The summed E-state index contributed by atoms with van der Waals surface area (Å²) < 4.78 is 0. The number of hydrogen-bond acceptors (Lipinski definition) is 4. The first-order chi connectivity index (χ1) is 7.30. The number of amides is 1. The van der Waals surface area contributed by atoms with Crippen molar-refractivity contribution in [2.24, 2.45) is 17.1 Å². The highest BCUT2D eigenvalue weighted by Gasteiger charge is 2.29. The second kappa shape index (κ2) is 4.82. The van der Waals surface area contributed by atoms with Crippen LogP contribution in [0.4, 0.5) is 0 Å². The van der Waals surface area contributed by atoms with Crippen LogP contribution in [-0.2, 0) is 14.4 Å². The monoisotopic (exact) mass is 228 g/mol. The van der Waals surface area contributed by atoms with Gasteiger partial charge in [0, 0.05) is 19.0 Å². The van der Waals surface area contributed by atoms with Gasteiger partial charge in [-0.1, -0.05) is 0 Å². The molecule has 1 rings (SSSR count). The molecule has 1 fully saturated rings. The van der Waals surface area contributed by atoms with Gasteiger partial charge in [-0.25, -0.2) is 4.79 Å². The van der Waals surface area contributed by atoms with E-state index in [1.165, 1.54) is 0 Å². The molecule has 1 aliphatic rings. The Morgan fingerprint density at radius 2 is 1.75 bits per heavy atom. The van der Waals surface area contributed by atoms with Crippen molar-refractivity contribution in [2.45, 2.75) is 33.6 Å². The third-order valence-electron chi connectivity index (χ3n) is 2.68. The van der Waals surface area contributed by atoms with E-state index in [-0.39, 0.29) is 17.8 Å². The van der Waals surface area contributed by atoms with Crippen molar-refractivity contribution in [2.75, 3.05) is 13.1 Å². The van der Waals surface area contributed by atoms with Crippen LogP contribution >= 0.6 is 0 Å². The zero-order chi connectivity index (χ0) is 12.3. The van der Waals surface area contributed by atoms with Crippen LogP contribution in [0, 0.1) is 11.3 Å². The lowest BCUT2D eigenvalue weighted by atomic mass is 9.97. The molecule has 1 amide bonds. The van der Waals surface area contributed by atoms with E-state index in [2.05, 4.69) is 0 Å². The number of hydrogen-bond donors (Lipinski definition) is 1. The van der Waals surface area contributed by atoms with Crippen LogP contribution in [0.25, 0.3) is 0 Å². The van der Waals surface area contributed by atoms with Crippen molar-refractivity contribution in [3.05, 3.63) is 0 Å². The Morgan fingerprint density at radius 3 is 2.12 bits per heavy atom. The average Bonchev–Trinajstić information content (AvgIpc) is 2.17. The molecule has 0 aromatic heterocycles. The SMILES string of the molecule is CC(C)(C)C(=O)ON1CCC(C(N)=O)CC1. The standard InChI is InChI=1S/C11H20N2O3/c1-11(2,3)10(15)16-13-6-4-8(5-7-13)9(12)14/h8H,4-7H2,1-3H3,(H2,12,14). The molecular weight excluding hydrogens is 208 g/mol. The van der Waals surface area contributed by atoms with Crippen LogP contribution in [0.3, 0.4) is 0 Å². The highest BCUT2D eigenvalue weighted by atomic mass is 16.7. The Morgan fingerprint density at radius 1 is 1.25 bits per heavy atom. The van der Waals surface area contributed by atoms with Crippen molar-refractivity contribution in [1.82, 2.24) is 5.06 Å². The van der Waals surface area contributed by atoms with Crippen molar-refractivity contribution in [3.63, 3.8) is 0 Å². The number of rotatable bonds is 2. The van der Waals surface area contributed by atoms with E-state index >= 15 is 0 Å². The van der Waals surface area contributed by atoms with E-state index in [4.69, 9.17) is 10.6 Å². The summed E-state index contributed by atoms with van der Waals surface area (Å²) in [5.41, 5.74) is 4.72. The molecule has 1 saturated heterocycles. The maximum atomic E-state index is 11.6. The molecule has 2 N–H and O–H groups in total. The third kappa shape index (κ3) is 3.48. The molecule has 1 aliphatic heterocycles. The number of carbonyl (C=O) groups is 2. The van der Waals surface area contributed by atoms with Crippen LogP contribution in [0.1, 0.15) is 33.6 Å². The molecule has 0 radical (unpaired) electrons. The first-order valence-electron chi connectivity index (χ1n) is 5.57. The molecule has 0 saturated carbocycles. The Labute approximate surface area is 95.9 Å². The minimum absolute atomic E-state index is 0.0791. The fourth-order valence-electron chi connectivity index (χ4n) is 1.49. The van der Waals surface area contributed by atoms with Gasteiger partial charge in [-0.3, -0.25) is 4.79 Å². The molecule has 5 nitrogen and oxygen atoms in total. The molecule has 0 spiro atoms. The van der Waals surface area contributed by atoms with Gasteiger partial charge in [-0.15, -0.1) is 5.06 Å². The van der Waals surface area contributed by atoms with Crippen molar-refractivity contribution in [3.8, 4) is 0 Å². The Bertz CT molecular complexity index is 275. The number of nitrogens with two attached hydrogens (primary N) is 1. The average molecular weight is 228 g/mol. The molecule has 92 valence electrons. The van der Waals surface area contributed by atoms with E-state index in [0.29, 0.717) is 25.9 Å². The van der Waals surface area contributed by atoms with E-state index in [1.54, 1.807) is 5.06 Å². The summed E-state index contributed by atoms with van der Waals surface area (Å²) in [7, 11) is 0. The van der Waals surface area contributed by atoms with E-state index in [1.807, 2.05) is 20.8 Å². The normalized spacial score (nSPS) is 19.4. The zero-order valence-electron chi connectivity index (χ0n) is 10.2. The maximum Gasteiger partial charge on any atom is 0.330 e. The summed E-state index contributed by atoms with van der Waals surface area (Å²) in [5, 5.41) is 1.62. The van der Waals surface area contributed by atoms with Crippen molar-refractivity contribution in [1.29, 1.82) is 0 Å². The lowest BCUT2D eigenvalue weighted by molar-refractivity contribution is -0.205. The molecule has 0 bridgehead atoms. The number of primary amides is 1. The third-order valence-corrected chi connectivity index (χ3v) is 2.68. The summed E-state index contributed by atoms with van der Waals surface area (Å²) in [6.45, 7) is 6.59. The molecule has 0 aromatic carbocycles. The summed E-state index contributed by atoms with van der Waals surface area (Å²) in [5.74, 6) is -0.587. The molecule has 1 heterocycles. The van der Waals surface area contributed by atoms with E-state index < -0.39 is 5.41 Å². The Hall–Kier alpha value is -1.10. The lowest BCUT2D eigenvalue weighted by Gasteiger charge is -2.30. The molecule has 0 aromatic rings. The van der Waals surface area contributed by atoms with Gasteiger partial charge >= 0.3 is 5.97 Å². The largest absolute Gasteiger partial charge is 0.369 e. The topological polar surface area (TPSA) is 72.6 Å². The van der Waals surface area contributed by atoms with Gasteiger partial charge in [-0.05, 0) is 33.6 Å². The number of hydroxylamine groups is 2. The smallest absolute Gasteiger partial charge is 0.330 e. The van der Waals surface area contributed by atoms with Crippen molar-refractivity contribution < 1.29 is 14.4 Å². The van der Waals surface area contributed by atoms with Gasteiger partial charge in [0.1, 0.15) is 0 Å². The fourth-order valence-corrected chi connectivity index (χ4v) is 1.49. The zero-order valence-corrected chi connectivity index (χ0v) is 10.2. The first kappa shape index (κ1) is 13.0. The van der Waals surface area contributed by atoms with Gasteiger partial charge in [0.15, 0.2) is 0 Å². The number of carbonyl (C=O) groups excluding carboxylic acids is 2. The predicted molar refractivity (Wildman–Crippen MR) is 59.0 cm³/mol. The number of nitrogens with zero attached hydrogens (tertiary/aromatic N) is 1. The second-order valence-corrected chi connectivity index (χ2v) is 5.23. The predicted octanol–water partition coefficient (Wildman–Crippen LogP) is 0.688. The molecule has 0 aliphatic carbocycles. The first-order valence-corrected chi connectivity index (χ1v) is 5.57. The Balaban J connectivity index is 2.38. The summed E-state index contributed by atoms with van der Waals surface area (Å²) in [4.78, 5) is 27.8. The summed E-state index contributed by atoms with van der Waals surface area (Å²) in [6, 6.07) is 0. The quantitative estimate of drug-likeness (QED) is 0.754. The lowest BCUT2D eigenvalue weighted by Crippen LogP contribution is -2.41. The van der Waals surface area contributed by atoms with Gasteiger partial charge in [0.25, 0.3) is 0 Å². The van der Waals surface area contributed by atoms with Crippen LogP contribution in [0.2, 0.25) is 0 Å². The van der Waals surface area contributed by atoms with Crippen LogP contribution in [0.5, 0.6) is 0 Å². The minimum atomic E-state index is -0.499. The van der Waals surface area contributed by atoms with Crippen LogP contribution in [-0.4, -0.2) is 30.0 Å². The van der Waals surface area contributed by atoms with E-state index in [9.17, 15) is 9.59 Å². The van der Waals surface area contributed by atoms with E-state index in [0.717, 1.165) is 0 Å². The second-order valence-electron chi connectivity index (χ2n) is 5.23. The molecule has 5 heteroatoms. The molecular formula is C11H20N2O3. The van der Waals surface area contributed by atoms with Crippen molar-refractivity contribution >= 4 is 11.9 Å². The van der Waals surface area contributed by atoms with Crippen LogP contribution in [0.15, 0.2) is 0 Å². The van der Waals surface area contributed by atoms with Gasteiger partial charge < -0.3 is 10.6 Å². The van der Waals surface area contributed by atoms with Gasteiger partial charge in [-0.2, -0.15) is 0 Å². The Kier molecular flexibility index (Phi) is 3.91. The number of piperidine rings is 1. The highest BCUT2D eigenvalue weighted by molar-refractivity contribution is 5.77. The summed E-state index contributed by atoms with van der Waals surface area (Å²) in [6.07, 6.45) is 1.32. The van der Waals surface area contributed by atoms with Gasteiger partial charge in [0.05, 0.1) is 5.41 Å². The molecule has 0 atom stereocenters. The van der Waals surface area contributed by atoms with Gasteiger partial charge in [0.2, 0.25) is 5.91 Å². The van der Waals surface area contributed by atoms with Crippen LogP contribution < -0.4 is 5.73 Å². The maximum absolute atomic E-state index is 11.6. The minimum Gasteiger partial charge on any atom is -0.369 e. The molecule has 16 heavy (non-hydrogen) atoms.